The second kappa shape index (κ2) is 7.04. The Balaban J connectivity index is 0.00000144. The Morgan fingerprint density at radius 3 is 2.77 bits per heavy atom. The Bertz CT molecular complexity index is 245. The van der Waals surface area contributed by atoms with E-state index in [2.05, 4.69) is 15.9 Å². The standard InChI is InChI=1S/C9H12BrNO.ClH/c10-5-2-6-12-9-4-1-3-8(11)7-9;/h1,3-4,7H,2,5-6,11H2;1H. The van der Waals surface area contributed by atoms with Crippen molar-refractivity contribution >= 4 is 34.0 Å². The number of benzene rings is 1. The van der Waals surface area contributed by atoms with Crippen LogP contribution in [0.5, 0.6) is 5.75 Å². The Morgan fingerprint density at radius 1 is 1.38 bits per heavy atom. The Morgan fingerprint density at radius 2 is 2.15 bits per heavy atom. The van der Waals surface area contributed by atoms with Crippen molar-refractivity contribution in [1.82, 2.24) is 0 Å². The van der Waals surface area contributed by atoms with Crippen LogP contribution in [0, 0.1) is 0 Å². The second-order valence-corrected chi connectivity index (χ2v) is 3.26. The van der Waals surface area contributed by atoms with Crippen molar-refractivity contribution < 1.29 is 4.74 Å². The quantitative estimate of drug-likeness (QED) is 0.517. The summed E-state index contributed by atoms with van der Waals surface area (Å²) < 4.78 is 5.42. The Hall–Kier alpha value is -0.410. The molecule has 1 aromatic carbocycles. The highest BCUT2D eigenvalue weighted by molar-refractivity contribution is 9.09. The van der Waals surface area contributed by atoms with Crippen LogP contribution in [-0.2, 0) is 0 Å². The van der Waals surface area contributed by atoms with Gasteiger partial charge in [-0.2, -0.15) is 0 Å². The number of hydrogen-bond acceptors (Lipinski definition) is 2. The predicted molar refractivity (Wildman–Crippen MR) is 62.0 cm³/mol. The van der Waals surface area contributed by atoms with Crippen LogP contribution in [0.3, 0.4) is 0 Å². The van der Waals surface area contributed by atoms with Crippen LogP contribution in [0.2, 0.25) is 0 Å². The van der Waals surface area contributed by atoms with Crippen molar-refractivity contribution in [3.05, 3.63) is 24.3 Å². The van der Waals surface area contributed by atoms with Gasteiger partial charge in [0.15, 0.2) is 0 Å². The summed E-state index contributed by atoms with van der Waals surface area (Å²) in [5.74, 6) is 0.843. The van der Waals surface area contributed by atoms with Crippen LogP contribution in [0.25, 0.3) is 0 Å². The van der Waals surface area contributed by atoms with E-state index in [-0.39, 0.29) is 12.4 Å². The molecule has 2 nitrogen and oxygen atoms in total. The normalized spacial score (nSPS) is 9.00. The molecular formula is C9H13BrClNO. The lowest BCUT2D eigenvalue weighted by Crippen LogP contribution is -1.97. The fourth-order valence-corrected chi connectivity index (χ4v) is 1.08. The van der Waals surface area contributed by atoms with E-state index in [1.54, 1.807) is 0 Å². The van der Waals surface area contributed by atoms with E-state index in [1.165, 1.54) is 0 Å². The third-order valence-electron chi connectivity index (χ3n) is 1.40. The lowest BCUT2D eigenvalue weighted by molar-refractivity contribution is 0.319. The van der Waals surface area contributed by atoms with Gasteiger partial charge in [0.1, 0.15) is 5.75 Å². The van der Waals surface area contributed by atoms with Gasteiger partial charge in [-0.1, -0.05) is 22.0 Å². The number of halogens is 2. The van der Waals surface area contributed by atoms with Crippen molar-refractivity contribution in [2.75, 3.05) is 17.7 Å². The summed E-state index contributed by atoms with van der Waals surface area (Å²) in [6, 6.07) is 7.47. The lowest BCUT2D eigenvalue weighted by Gasteiger charge is -2.04. The molecule has 0 bridgehead atoms. The molecule has 0 unspecified atom stereocenters. The molecule has 0 aliphatic heterocycles. The summed E-state index contributed by atoms with van der Waals surface area (Å²) in [5, 5.41) is 0.968. The number of nitrogens with two attached hydrogens (primary N) is 1. The fourth-order valence-electron chi connectivity index (χ4n) is 0.849. The molecule has 74 valence electrons. The van der Waals surface area contributed by atoms with Crippen molar-refractivity contribution in [3.8, 4) is 5.75 Å². The summed E-state index contributed by atoms with van der Waals surface area (Å²) in [6.45, 7) is 0.731. The lowest BCUT2D eigenvalue weighted by atomic mass is 10.3. The molecule has 1 rings (SSSR count). The molecule has 0 amide bonds. The van der Waals surface area contributed by atoms with Gasteiger partial charge >= 0.3 is 0 Å². The van der Waals surface area contributed by atoms with Gasteiger partial charge in [0.2, 0.25) is 0 Å². The molecule has 0 heterocycles. The summed E-state index contributed by atoms with van der Waals surface area (Å²) in [4.78, 5) is 0. The van der Waals surface area contributed by atoms with Gasteiger partial charge in [0.25, 0.3) is 0 Å². The highest BCUT2D eigenvalue weighted by atomic mass is 79.9. The van der Waals surface area contributed by atoms with Gasteiger partial charge in [-0.25, -0.2) is 0 Å². The maximum absolute atomic E-state index is 5.57. The molecule has 0 atom stereocenters. The Kier molecular flexibility index (Phi) is 6.82. The number of nitrogen functional groups attached to an aromatic ring is 1. The predicted octanol–water partition coefficient (Wildman–Crippen LogP) is 2.85. The minimum Gasteiger partial charge on any atom is -0.493 e. The molecule has 2 N–H and O–H groups in total. The smallest absolute Gasteiger partial charge is 0.121 e. The average molecular weight is 267 g/mol. The highest BCUT2D eigenvalue weighted by Gasteiger charge is 1.92. The van der Waals surface area contributed by atoms with E-state index >= 15 is 0 Å². The molecule has 0 spiro atoms. The first-order valence-corrected chi connectivity index (χ1v) is 4.99. The zero-order valence-corrected chi connectivity index (χ0v) is 9.61. The molecule has 4 heteroatoms. The Labute approximate surface area is 93.0 Å². The van der Waals surface area contributed by atoms with Crippen LogP contribution in [0.15, 0.2) is 24.3 Å². The summed E-state index contributed by atoms with van der Waals surface area (Å²) in [6.07, 6.45) is 1.01. The van der Waals surface area contributed by atoms with Crippen LogP contribution >= 0.6 is 28.3 Å². The van der Waals surface area contributed by atoms with Gasteiger partial charge in [0.05, 0.1) is 6.61 Å². The molecule has 13 heavy (non-hydrogen) atoms. The van der Waals surface area contributed by atoms with Crippen molar-refractivity contribution in [1.29, 1.82) is 0 Å². The van der Waals surface area contributed by atoms with E-state index in [9.17, 15) is 0 Å². The van der Waals surface area contributed by atoms with E-state index in [4.69, 9.17) is 10.5 Å². The first kappa shape index (κ1) is 12.6. The zero-order valence-electron chi connectivity index (χ0n) is 7.20. The fraction of sp³-hybridized carbons (Fsp3) is 0.333. The molecular weight excluding hydrogens is 253 g/mol. The monoisotopic (exact) mass is 265 g/mol. The molecule has 0 saturated carbocycles. The number of ether oxygens (including phenoxy) is 1. The summed E-state index contributed by atoms with van der Waals surface area (Å²) >= 11 is 3.33. The first-order valence-electron chi connectivity index (χ1n) is 3.87. The van der Waals surface area contributed by atoms with Crippen LogP contribution in [-0.4, -0.2) is 11.9 Å². The zero-order chi connectivity index (χ0) is 8.81. The SMILES string of the molecule is Cl.Nc1cccc(OCCCBr)c1. The number of hydrogen-bond donors (Lipinski definition) is 1. The van der Waals surface area contributed by atoms with Gasteiger partial charge in [-0.05, 0) is 18.6 Å². The molecule has 0 aromatic heterocycles. The van der Waals surface area contributed by atoms with Crippen LogP contribution in [0.1, 0.15) is 6.42 Å². The number of alkyl halides is 1. The van der Waals surface area contributed by atoms with E-state index in [1.807, 2.05) is 24.3 Å². The van der Waals surface area contributed by atoms with Gasteiger partial charge in [-0.3, -0.25) is 0 Å². The largest absolute Gasteiger partial charge is 0.493 e. The summed E-state index contributed by atoms with van der Waals surface area (Å²) in [5.41, 5.74) is 6.32. The van der Waals surface area contributed by atoms with E-state index < -0.39 is 0 Å². The summed E-state index contributed by atoms with van der Waals surface area (Å²) in [7, 11) is 0. The van der Waals surface area contributed by atoms with E-state index in [0.29, 0.717) is 0 Å². The topological polar surface area (TPSA) is 35.2 Å². The molecule has 0 radical (unpaired) electrons. The van der Waals surface area contributed by atoms with E-state index in [0.717, 1.165) is 29.8 Å². The molecule has 1 aromatic rings. The second-order valence-electron chi connectivity index (χ2n) is 2.46. The van der Waals surface area contributed by atoms with Crippen molar-refractivity contribution in [2.24, 2.45) is 0 Å². The average Bonchev–Trinajstić information content (AvgIpc) is 2.05. The van der Waals surface area contributed by atoms with Gasteiger partial charge in [-0.15, -0.1) is 12.4 Å². The molecule has 0 fully saturated rings. The maximum atomic E-state index is 5.57. The molecule has 0 aliphatic carbocycles. The third-order valence-corrected chi connectivity index (χ3v) is 1.97. The highest BCUT2D eigenvalue weighted by Crippen LogP contribution is 2.14. The van der Waals surface area contributed by atoms with Crippen LogP contribution in [0.4, 0.5) is 5.69 Å². The third kappa shape index (κ3) is 5.01. The van der Waals surface area contributed by atoms with Crippen molar-refractivity contribution in [3.63, 3.8) is 0 Å². The van der Waals surface area contributed by atoms with Gasteiger partial charge < -0.3 is 10.5 Å². The number of rotatable bonds is 4. The van der Waals surface area contributed by atoms with Crippen molar-refractivity contribution in [2.45, 2.75) is 6.42 Å². The minimum absolute atomic E-state index is 0. The van der Waals surface area contributed by atoms with Gasteiger partial charge in [0, 0.05) is 17.1 Å². The minimum atomic E-state index is 0. The van der Waals surface area contributed by atoms with Crippen LogP contribution < -0.4 is 10.5 Å². The molecule has 0 aliphatic rings. The number of anilines is 1. The maximum Gasteiger partial charge on any atom is 0.121 e. The molecule has 0 saturated heterocycles. The first-order chi connectivity index (χ1) is 5.83.